The highest BCUT2D eigenvalue weighted by molar-refractivity contribution is 7.89. The smallest absolute Gasteiger partial charge is 0.308 e. The van der Waals surface area contributed by atoms with Crippen molar-refractivity contribution in [2.24, 2.45) is 5.92 Å². The fourth-order valence-corrected chi connectivity index (χ4v) is 5.15. The van der Waals surface area contributed by atoms with Crippen molar-refractivity contribution in [3.05, 3.63) is 30.3 Å². The van der Waals surface area contributed by atoms with Crippen LogP contribution in [0.5, 0.6) is 0 Å². The Hall–Kier alpha value is -1.97. The highest BCUT2D eigenvalue weighted by Crippen LogP contribution is 2.20. The van der Waals surface area contributed by atoms with Crippen LogP contribution in [0, 0.1) is 5.92 Å². The molecule has 0 unspecified atom stereocenters. The third-order valence-electron chi connectivity index (χ3n) is 5.45. The highest BCUT2D eigenvalue weighted by atomic mass is 32.2. The summed E-state index contributed by atoms with van der Waals surface area (Å²) in [6.45, 7) is 3.06. The molecule has 0 bridgehead atoms. The number of hydrogen-bond acceptors (Lipinski definition) is 6. The number of benzene rings is 1. The summed E-state index contributed by atoms with van der Waals surface area (Å²) in [4.78, 5) is 28.2. The van der Waals surface area contributed by atoms with Crippen LogP contribution in [0.25, 0.3) is 0 Å². The third-order valence-corrected chi connectivity index (χ3v) is 7.37. The number of esters is 1. The monoisotopic (exact) mass is 409 g/mol. The number of carbonyl (C=O) groups is 2. The minimum absolute atomic E-state index is 0.00766. The number of nitrogens with zero attached hydrogens (tertiary/aromatic N) is 3. The fourth-order valence-electron chi connectivity index (χ4n) is 3.70. The summed E-state index contributed by atoms with van der Waals surface area (Å²) >= 11 is 0. The van der Waals surface area contributed by atoms with Gasteiger partial charge < -0.3 is 9.64 Å². The molecule has 2 aliphatic rings. The summed E-state index contributed by atoms with van der Waals surface area (Å²) < 4.78 is 31.6. The fraction of sp³-hybridized carbons (Fsp3) is 0.579. The van der Waals surface area contributed by atoms with Crippen molar-refractivity contribution < 1.29 is 22.7 Å². The van der Waals surface area contributed by atoms with E-state index < -0.39 is 10.0 Å². The second kappa shape index (κ2) is 9.02. The zero-order valence-electron chi connectivity index (χ0n) is 16.1. The van der Waals surface area contributed by atoms with E-state index in [9.17, 15) is 18.0 Å². The first-order valence-corrected chi connectivity index (χ1v) is 11.0. The lowest BCUT2D eigenvalue weighted by Gasteiger charge is -2.36. The number of carbonyl (C=O) groups excluding carboxylic acids is 2. The molecule has 2 fully saturated rings. The Morgan fingerprint density at radius 3 is 2.18 bits per heavy atom. The molecule has 154 valence electrons. The van der Waals surface area contributed by atoms with Gasteiger partial charge >= 0.3 is 5.97 Å². The predicted octanol–water partition coefficient (Wildman–Crippen LogP) is 0.405. The largest absolute Gasteiger partial charge is 0.469 e. The number of sulfonamides is 1. The first-order chi connectivity index (χ1) is 13.4. The molecule has 1 aromatic rings. The topological polar surface area (TPSA) is 87.2 Å². The van der Waals surface area contributed by atoms with E-state index in [4.69, 9.17) is 4.74 Å². The maximum atomic E-state index is 12.7. The van der Waals surface area contributed by atoms with E-state index in [0.29, 0.717) is 58.7 Å². The van der Waals surface area contributed by atoms with Gasteiger partial charge in [-0.2, -0.15) is 4.31 Å². The summed E-state index contributed by atoms with van der Waals surface area (Å²) in [6.07, 6.45) is 1.39. The molecule has 0 aromatic heterocycles. The molecule has 3 rings (SSSR count). The Morgan fingerprint density at radius 2 is 1.61 bits per heavy atom. The second-order valence-electron chi connectivity index (χ2n) is 7.17. The van der Waals surface area contributed by atoms with Gasteiger partial charge in [0.15, 0.2) is 0 Å². The number of methoxy groups -OCH3 is 1. The molecule has 0 saturated carbocycles. The number of amides is 1. The second-order valence-corrected chi connectivity index (χ2v) is 9.11. The van der Waals surface area contributed by atoms with Gasteiger partial charge in [-0.25, -0.2) is 8.42 Å². The van der Waals surface area contributed by atoms with Gasteiger partial charge in [-0.1, -0.05) is 18.2 Å². The Balaban J connectivity index is 1.47. The Morgan fingerprint density at radius 1 is 1.00 bits per heavy atom. The van der Waals surface area contributed by atoms with E-state index in [1.54, 1.807) is 35.2 Å². The summed E-state index contributed by atoms with van der Waals surface area (Å²) in [5, 5.41) is 0. The van der Waals surface area contributed by atoms with E-state index in [-0.39, 0.29) is 22.7 Å². The van der Waals surface area contributed by atoms with E-state index >= 15 is 0 Å². The van der Waals surface area contributed by atoms with Crippen LogP contribution in [0.3, 0.4) is 0 Å². The maximum absolute atomic E-state index is 12.7. The molecule has 0 atom stereocenters. The minimum Gasteiger partial charge on any atom is -0.469 e. The molecule has 28 heavy (non-hydrogen) atoms. The number of hydrogen-bond donors (Lipinski definition) is 0. The molecule has 8 nitrogen and oxygen atoms in total. The minimum atomic E-state index is -3.51. The summed E-state index contributed by atoms with van der Waals surface area (Å²) in [6, 6.07) is 8.37. The SMILES string of the molecule is COC(=O)C1CCN(CC(=O)N2CCN(S(=O)(=O)c3ccccc3)CC2)CC1. The molecule has 0 radical (unpaired) electrons. The molecule has 1 aromatic carbocycles. The van der Waals surface area contributed by atoms with Crippen molar-refractivity contribution in [2.75, 3.05) is 52.9 Å². The zero-order valence-corrected chi connectivity index (χ0v) is 16.9. The van der Waals surface area contributed by atoms with Gasteiger partial charge in [-0.3, -0.25) is 14.5 Å². The van der Waals surface area contributed by atoms with Crippen LogP contribution >= 0.6 is 0 Å². The molecule has 2 heterocycles. The average molecular weight is 410 g/mol. The van der Waals surface area contributed by atoms with Gasteiger partial charge in [0, 0.05) is 26.2 Å². The lowest BCUT2D eigenvalue weighted by atomic mass is 9.97. The normalized spacial score (nSPS) is 20.1. The van der Waals surface area contributed by atoms with Gasteiger partial charge in [0.1, 0.15) is 0 Å². The first kappa shape index (κ1) is 20.8. The van der Waals surface area contributed by atoms with Crippen molar-refractivity contribution in [2.45, 2.75) is 17.7 Å². The van der Waals surface area contributed by atoms with Crippen molar-refractivity contribution in [3.63, 3.8) is 0 Å². The summed E-state index contributed by atoms with van der Waals surface area (Å²) in [7, 11) is -2.12. The number of rotatable bonds is 5. The molecular formula is C19H27N3O5S. The predicted molar refractivity (Wildman–Crippen MR) is 103 cm³/mol. The lowest BCUT2D eigenvalue weighted by Crippen LogP contribution is -2.53. The van der Waals surface area contributed by atoms with Gasteiger partial charge in [-0.05, 0) is 38.1 Å². The number of ether oxygens (including phenoxy) is 1. The quantitative estimate of drug-likeness (QED) is 0.655. The van der Waals surface area contributed by atoms with Crippen molar-refractivity contribution in [3.8, 4) is 0 Å². The molecule has 2 saturated heterocycles. The van der Waals surface area contributed by atoms with Crippen LogP contribution in [0.4, 0.5) is 0 Å². The van der Waals surface area contributed by atoms with Gasteiger partial charge in [0.25, 0.3) is 0 Å². The van der Waals surface area contributed by atoms with Gasteiger partial charge in [-0.15, -0.1) is 0 Å². The van der Waals surface area contributed by atoms with Gasteiger partial charge in [0.2, 0.25) is 15.9 Å². The molecule has 1 amide bonds. The lowest BCUT2D eigenvalue weighted by molar-refractivity contribution is -0.147. The van der Waals surface area contributed by atoms with Crippen LogP contribution < -0.4 is 0 Å². The van der Waals surface area contributed by atoms with Crippen molar-refractivity contribution >= 4 is 21.9 Å². The standard InChI is InChI=1S/C19H27N3O5S/c1-27-19(24)16-7-9-20(10-8-16)15-18(23)21-11-13-22(14-12-21)28(25,26)17-5-3-2-4-6-17/h2-6,16H,7-15H2,1H3. The van der Waals surface area contributed by atoms with Crippen LogP contribution in [0.15, 0.2) is 35.2 Å². The third kappa shape index (κ3) is 4.71. The molecule has 9 heteroatoms. The number of piperidine rings is 1. The average Bonchev–Trinajstić information content (AvgIpc) is 2.74. The van der Waals surface area contributed by atoms with E-state index in [1.807, 2.05) is 0 Å². The number of piperazine rings is 1. The van der Waals surface area contributed by atoms with E-state index in [2.05, 4.69) is 4.90 Å². The van der Waals surface area contributed by atoms with Crippen LogP contribution in [0.1, 0.15) is 12.8 Å². The Labute approximate surface area is 166 Å². The zero-order chi connectivity index (χ0) is 20.1. The molecule has 0 N–H and O–H groups in total. The van der Waals surface area contributed by atoms with Crippen LogP contribution in [0.2, 0.25) is 0 Å². The van der Waals surface area contributed by atoms with E-state index in [0.717, 1.165) is 0 Å². The van der Waals surface area contributed by atoms with Crippen LogP contribution in [-0.2, 0) is 24.3 Å². The van der Waals surface area contributed by atoms with Crippen LogP contribution in [-0.4, -0.2) is 87.3 Å². The van der Waals surface area contributed by atoms with Crippen molar-refractivity contribution in [1.29, 1.82) is 0 Å². The molecule has 0 aliphatic carbocycles. The summed E-state index contributed by atoms with van der Waals surface area (Å²) in [5.74, 6) is -0.252. The highest BCUT2D eigenvalue weighted by Gasteiger charge is 2.31. The van der Waals surface area contributed by atoms with Crippen molar-refractivity contribution in [1.82, 2.24) is 14.1 Å². The molecular weight excluding hydrogens is 382 g/mol. The Bertz CT molecular complexity index is 783. The first-order valence-electron chi connectivity index (χ1n) is 9.55. The van der Waals surface area contributed by atoms with Gasteiger partial charge in [0.05, 0.1) is 24.5 Å². The Kier molecular flexibility index (Phi) is 6.69. The molecule has 0 spiro atoms. The van der Waals surface area contributed by atoms with E-state index in [1.165, 1.54) is 11.4 Å². The molecule has 2 aliphatic heterocycles. The summed E-state index contributed by atoms with van der Waals surface area (Å²) in [5.41, 5.74) is 0. The maximum Gasteiger partial charge on any atom is 0.308 e. The number of likely N-dealkylation sites (tertiary alicyclic amines) is 1.